The smallest absolute Gasteiger partial charge is 0.234 e. The van der Waals surface area contributed by atoms with Crippen LogP contribution in [0.4, 0.5) is 5.82 Å². The number of likely N-dealkylation sites (N-methyl/N-ethyl adjacent to an activating group) is 1. The third kappa shape index (κ3) is 5.42. The summed E-state index contributed by atoms with van der Waals surface area (Å²) in [6.07, 6.45) is 11.3. The lowest BCUT2D eigenvalue weighted by Gasteiger charge is -2.25. The van der Waals surface area contributed by atoms with Crippen LogP contribution in [0, 0.1) is 5.92 Å². The number of anilines is 1. The summed E-state index contributed by atoms with van der Waals surface area (Å²) in [5.74, 6) is 1.33. The number of aromatic nitrogens is 3. The van der Waals surface area contributed by atoms with E-state index in [0.717, 1.165) is 40.2 Å². The van der Waals surface area contributed by atoms with E-state index < -0.39 is 0 Å². The van der Waals surface area contributed by atoms with Gasteiger partial charge in [-0.25, -0.2) is 4.98 Å². The number of benzene rings is 2. The predicted molar refractivity (Wildman–Crippen MR) is 157 cm³/mol. The number of nitrogens with zero attached hydrogens (tertiary/aromatic N) is 4. The van der Waals surface area contributed by atoms with Crippen molar-refractivity contribution in [2.45, 2.75) is 25.2 Å². The average molecular weight is 503 g/mol. The Labute approximate surface area is 225 Å². The molecule has 2 aromatic heterocycles. The number of hydrogen-bond donors (Lipinski definition) is 1. The van der Waals surface area contributed by atoms with Gasteiger partial charge in [0, 0.05) is 38.3 Å². The van der Waals surface area contributed by atoms with Gasteiger partial charge in [0.25, 0.3) is 0 Å². The van der Waals surface area contributed by atoms with E-state index in [1.807, 2.05) is 91.2 Å². The Morgan fingerprint density at radius 3 is 2.37 bits per heavy atom. The number of fused-ring (bicyclic) bond motifs is 1. The van der Waals surface area contributed by atoms with Crippen molar-refractivity contribution in [3.05, 3.63) is 114 Å². The van der Waals surface area contributed by atoms with Crippen LogP contribution in [0.2, 0.25) is 0 Å². The highest BCUT2D eigenvalue weighted by Crippen LogP contribution is 2.30. The van der Waals surface area contributed by atoms with E-state index in [1.54, 1.807) is 0 Å². The Morgan fingerprint density at radius 2 is 1.71 bits per heavy atom. The molecule has 4 aromatic rings. The van der Waals surface area contributed by atoms with Gasteiger partial charge >= 0.3 is 0 Å². The average Bonchev–Trinajstić information content (AvgIpc) is 3.33. The molecule has 1 N–H and O–H groups in total. The lowest BCUT2D eigenvalue weighted by molar-refractivity contribution is -0.130. The lowest BCUT2D eigenvalue weighted by atomic mass is 9.87. The molecule has 0 spiro atoms. The molecule has 0 aliphatic heterocycles. The van der Waals surface area contributed by atoms with E-state index in [2.05, 4.69) is 47.7 Å². The second-order valence-electron chi connectivity index (χ2n) is 10.1. The first-order valence-corrected chi connectivity index (χ1v) is 13.3. The van der Waals surface area contributed by atoms with Crippen LogP contribution >= 0.6 is 0 Å². The summed E-state index contributed by atoms with van der Waals surface area (Å²) < 4.78 is 1.88. The first-order valence-electron chi connectivity index (χ1n) is 13.3. The minimum Gasteiger partial charge on any atom is -0.370 e. The van der Waals surface area contributed by atoms with Crippen LogP contribution in [0.1, 0.15) is 42.0 Å². The van der Waals surface area contributed by atoms with Gasteiger partial charge in [0.05, 0.1) is 11.6 Å². The van der Waals surface area contributed by atoms with Crippen molar-refractivity contribution in [1.82, 2.24) is 19.5 Å². The molecule has 0 fully saturated rings. The Hall–Kier alpha value is -4.13. The molecular weight excluding hydrogens is 469 g/mol. The molecule has 1 amide bonds. The van der Waals surface area contributed by atoms with Crippen LogP contribution in [-0.4, -0.2) is 53.4 Å². The Kier molecular flexibility index (Phi) is 7.73. The van der Waals surface area contributed by atoms with E-state index in [-0.39, 0.29) is 17.7 Å². The molecule has 2 atom stereocenters. The number of allylic oxidation sites excluding steroid dienone is 4. The number of hydrogen-bond acceptors (Lipinski definition) is 4. The van der Waals surface area contributed by atoms with Crippen molar-refractivity contribution in [3.63, 3.8) is 0 Å². The highest BCUT2D eigenvalue weighted by Gasteiger charge is 2.25. The molecule has 2 unspecified atom stereocenters. The van der Waals surface area contributed by atoms with E-state index >= 15 is 0 Å². The molecule has 192 valence electrons. The van der Waals surface area contributed by atoms with Crippen LogP contribution in [0.25, 0.3) is 5.65 Å². The third-order valence-electron chi connectivity index (χ3n) is 7.29. The number of carbonyl (C=O) groups is 1. The van der Waals surface area contributed by atoms with E-state index in [4.69, 9.17) is 4.98 Å². The van der Waals surface area contributed by atoms with Crippen LogP contribution in [-0.2, 0) is 4.79 Å². The fraction of sp³-hybridized carbons (Fsp3) is 0.258. The monoisotopic (exact) mass is 503 g/mol. The second-order valence-corrected chi connectivity index (χ2v) is 10.1. The van der Waals surface area contributed by atoms with Gasteiger partial charge in [-0.1, -0.05) is 91.9 Å². The lowest BCUT2D eigenvalue weighted by Crippen LogP contribution is -2.33. The number of carbonyl (C=O) groups excluding carboxylic acids is 1. The molecule has 38 heavy (non-hydrogen) atoms. The Morgan fingerprint density at radius 1 is 1.05 bits per heavy atom. The normalized spacial score (nSPS) is 16.7. The predicted octanol–water partition coefficient (Wildman–Crippen LogP) is 3.93. The number of nitrogens with one attached hydrogen (secondary N) is 1. The van der Waals surface area contributed by atoms with Gasteiger partial charge < -0.3 is 10.2 Å². The molecule has 7 heteroatoms. The maximum atomic E-state index is 13.6. The van der Waals surface area contributed by atoms with Crippen LogP contribution in [0.15, 0.2) is 97.2 Å². The van der Waals surface area contributed by atoms with E-state index in [9.17, 15) is 4.79 Å². The summed E-state index contributed by atoms with van der Waals surface area (Å²) in [7, 11) is 3.94. The molecule has 6 nitrogen and oxygen atoms in total. The van der Waals surface area contributed by atoms with Crippen molar-refractivity contribution in [1.29, 1.82) is 0 Å². The SMILES string of the molecule is Bc1cnn2c(NCCCN(C)C(=O)C(c3ccccc3)c3ccccc3)cc(C3C=CC=CC3C)nc12. The molecule has 0 bridgehead atoms. The molecule has 1 aliphatic rings. The summed E-state index contributed by atoms with van der Waals surface area (Å²) in [5.41, 5.74) is 4.99. The van der Waals surface area contributed by atoms with E-state index in [0.29, 0.717) is 19.0 Å². The maximum Gasteiger partial charge on any atom is 0.234 e. The third-order valence-corrected chi connectivity index (χ3v) is 7.29. The molecule has 0 saturated heterocycles. The van der Waals surface area contributed by atoms with Gasteiger partial charge in [-0.3, -0.25) is 4.79 Å². The van der Waals surface area contributed by atoms with E-state index in [1.165, 1.54) is 0 Å². The fourth-order valence-corrected chi connectivity index (χ4v) is 5.11. The van der Waals surface area contributed by atoms with Gasteiger partial charge in [-0.05, 0) is 28.9 Å². The van der Waals surface area contributed by atoms with Crippen molar-refractivity contribution in [2.24, 2.45) is 5.92 Å². The zero-order chi connectivity index (χ0) is 26.5. The molecule has 0 radical (unpaired) electrons. The first kappa shape index (κ1) is 25.5. The first-order chi connectivity index (χ1) is 18.5. The van der Waals surface area contributed by atoms with Crippen molar-refractivity contribution >= 4 is 30.7 Å². The van der Waals surface area contributed by atoms with Crippen molar-refractivity contribution in [2.75, 3.05) is 25.5 Å². The standard InChI is InChI=1S/C31H34BN5O/c1-22-12-9-10-17-25(22)27-20-28(37-30(35-27)26(32)21-34-37)33-18-11-19-36(2)31(38)29(23-13-5-3-6-14-23)24-15-7-4-8-16-24/h3-10,12-17,20-22,25,29,33H,11,18-19,32H2,1-2H3. The number of amides is 1. The molecule has 2 heterocycles. The van der Waals surface area contributed by atoms with Crippen molar-refractivity contribution < 1.29 is 4.79 Å². The molecule has 5 rings (SSSR count). The summed E-state index contributed by atoms with van der Waals surface area (Å²) >= 11 is 0. The second kappa shape index (κ2) is 11.5. The minimum atomic E-state index is -0.315. The molecule has 0 saturated carbocycles. The highest BCUT2D eigenvalue weighted by molar-refractivity contribution is 6.36. The molecular formula is C31H34BN5O. The maximum absolute atomic E-state index is 13.6. The largest absolute Gasteiger partial charge is 0.370 e. The van der Waals surface area contributed by atoms with Gasteiger partial charge in [0.2, 0.25) is 5.91 Å². The summed E-state index contributed by atoms with van der Waals surface area (Å²) in [6.45, 7) is 3.58. The highest BCUT2D eigenvalue weighted by atomic mass is 16.2. The Bertz CT molecular complexity index is 1410. The van der Waals surface area contributed by atoms with Crippen LogP contribution < -0.4 is 10.8 Å². The summed E-state index contributed by atoms with van der Waals surface area (Å²) in [4.78, 5) is 20.4. The van der Waals surface area contributed by atoms with Crippen molar-refractivity contribution in [3.8, 4) is 0 Å². The fourth-order valence-electron chi connectivity index (χ4n) is 5.11. The van der Waals surface area contributed by atoms with Gasteiger partial charge in [-0.15, -0.1) is 0 Å². The quantitative estimate of drug-likeness (QED) is 0.278. The minimum absolute atomic E-state index is 0.102. The van der Waals surface area contributed by atoms with Crippen LogP contribution in [0.3, 0.4) is 0 Å². The zero-order valence-electron chi connectivity index (χ0n) is 22.3. The number of rotatable bonds is 9. The van der Waals surface area contributed by atoms with Crippen LogP contribution in [0.5, 0.6) is 0 Å². The van der Waals surface area contributed by atoms with Gasteiger partial charge in [0.15, 0.2) is 5.65 Å². The molecule has 2 aromatic carbocycles. The molecule has 1 aliphatic carbocycles. The van der Waals surface area contributed by atoms with Gasteiger partial charge in [-0.2, -0.15) is 9.61 Å². The zero-order valence-corrected chi connectivity index (χ0v) is 22.3. The van der Waals surface area contributed by atoms with Gasteiger partial charge in [0.1, 0.15) is 13.7 Å². The Balaban J connectivity index is 1.27. The summed E-state index contributed by atoms with van der Waals surface area (Å²) in [6, 6.07) is 22.1. The summed E-state index contributed by atoms with van der Waals surface area (Å²) in [5, 5.41) is 8.11. The topological polar surface area (TPSA) is 62.5 Å².